The number of nitrogens with one attached hydrogen (secondary N) is 1. The highest BCUT2D eigenvalue weighted by Crippen LogP contribution is 2.20. The number of nitrogens with zero attached hydrogens (tertiary/aromatic N) is 3. The Morgan fingerprint density at radius 1 is 1.33 bits per heavy atom. The van der Waals surface area contributed by atoms with E-state index in [9.17, 15) is 0 Å². The standard InChI is InChI=1S/C14H24N4/c1-9(2)13-6-10(3)16-14(17-13)18-8-11(4)15-7-12(18)5/h6,9,11-12,15H,7-8H2,1-5H3. The summed E-state index contributed by atoms with van der Waals surface area (Å²) in [5.41, 5.74) is 2.19. The number of hydrogen-bond acceptors (Lipinski definition) is 4. The predicted molar refractivity (Wildman–Crippen MR) is 75.1 cm³/mol. The number of aromatic nitrogens is 2. The average molecular weight is 248 g/mol. The van der Waals surface area contributed by atoms with E-state index < -0.39 is 0 Å². The second kappa shape index (κ2) is 5.22. The number of hydrogen-bond donors (Lipinski definition) is 1. The fraction of sp³-hybridized carbons (Fsp3) is 0.714. The van der Waals surface area contributed by atoms with Gasteiger partial charge in [-0.2, -0.15) is 0 Å². The van der Waals surface area contributed by atoms with Crippen molar-refractivity contribution in [2.75, 3.05) is 18.0 Å². The number of anilines is 1. The molecule has 1 aliphatic heterocycles. The molecule has 0 amide bonds. The first-order chi connectivity index (χ1) is 8.47. The van der Waals surface area contributed by atoms with Gasteiger partial charge in [0.25, 0.3) is 0 Å². The minimum Gasteiger partial charge on any atom is -0.335 e. The molecule has 2 atom stereocenters. The zero-order valence-electron chi connectivity index (χ0n) is 12.1. The summed E-state index contributed by atoms with van der Waals surface area (Å²) >= 11 is 0. The fourth-order valence-corrected chi connectivity index (χ4v) is 2.30. The van der Waals surface area contributed by atoms with Gasteiger partial charge in [0.1, 0.15) is 0 Å². The van der Waals surface area contributed by atoms with Crippen LogP contribution in [0.5, 0.6) is 0 Å². The van der Waals surface area contributed by atoms with Gasteiger partial charge in [-0.15, -0.1) is 0 Å². The minimum absolute atomic E-state index is 0.445. The van der Waals surface area contributed by atoms with Crippen molar-refractivity contribution in [1.82, 2.24) is 15.3 Å². The smallest absolute Gasteiger partial charge is 0.226 e. The predicted octanol–water partition coefficient (Wildman–Crippen LogP) is 2.10. The second-order valence-corrected chi connectivity index (χ2v) is 5.70. The molecule has 0 aliphatic carbocycles. The third kappa shape index (κ3) is 2.80. The van der Waals surface area contributed by atoms with Crippen molar-refractivity contribution in [1.29, 1.82) is 0 Å². The van der Waals surface area contributed by atoms with Crippen LogP contribution >= 0.6 is 0 Å². The first kappa shape index (κ1) is 13.3. The molecular formula is C14H24N4. The summed E-state index contributed by atoms with van der Waals surface area (Å²) < 4.78 is 0. The van der Waals surface area contributed by atoms with Gasteiger partial charge < -0.3 is 10.2 Å². The molecule has 100 valence electrons. The van der Waals surface area contributed by atoms with Crippen molar-refractivity contribution >= 4 is 5.95 Å². The van der Waals surface area contributed by atoms with Crippen LogP contribution in [0.1, 0.15) is 45.0 Å². The topological polar surface area (TPSA) is 41.1 Å². The van der Waals surface area contributed by atoms with E-state index in [-0.39, 0.29) is 0 Å². The first-order valence-corrected chi connectivity index (χ1v) is 6.83. The molecule has 18 heavy (non-hydrogen) atoms. The molecule has 2 rings (SSSR count). The largest absolute Gasteiger partial charge is 0.335 e. The van der Waals surface area contributed by atoms with Gasteiger partial charge in [0.15, 0.2) is 0 Å². The van der Waals surface area contributed by atoms with Crippen LogP contribution in [-0.2, 0) is 0 Å². The lowest BCUT2D eigenvalue weighted by Gasteiger charge is -2.37. The molecule has 1 fully saturated rings. The monoisotopic (exact) mass is 248 g/mol. The lowest BCUT2D eigenvalue weighted by molar-refractivity contribution is 0.419. The lowest BCUT2D eigenvalue weighted by Crippen LogP contribution is -2.55. The van der Waals surface area contributed by atoms with Crippen LogP contribution in [0.25, 0.3) is 0 Å². The van der Waals surface area contributed by atoms with E-state index >= 15 is 0 Å². The molecule has 1 aromatic rings. The molecule has 1 N–H and O–H groups in total. The van der Waals surface area contributed by atoms with Crippen LogP contribution in [-0.4, -0.2) is 35.1 Å². The third-order valence-electron chi connectivity index (χ3n) is 3.47. The van der Waals surface area contributed by atoms with Gasteiger partial charge in [-0.3, -0.25) is 0 Å². The lowest BCUT2D eigenvalue weighted by atomic mass is 10.1. The molecule has 1 aromatic heterocycles. The summed E-state index contributed by atoms with van der Waals surface area (Å²) in [5, 5.41) is 3.49. The van der Waals surface area contributed by atoms with Gasteiger partial charge in [-0.05, 0) is 32.8 Å². The van der Waals surface area contributed by atoms with Crippen LogP contribution in [0.15, 0.2) is 6.07 Å². The van der Waals surface area contributed by atoms with Gasteiger partial charge in [0.2, 0.25) is 5.95 Å². The van der Waals surface area contributed by atoms with Crippen LogP contribution < -0.4 is 10.2 Å². The van der Waals surface area contributed by atoms with Crippen molar-refractivity contribution in [3.63, 3.8) is 0 Å². The van der Waals surface area contributed by atoms with E-state index in [1.54, 1.807) is 0 Å². The van der Waals surface area contributed by atoms with Crippen molar-refractivity contribution in [2.24, 2.45) is 0 Å². The summed E-state index contributed by atoms with van der Waals surface area (Å²) in [5.74, 6) is 1.33. The van der Waals surface area contributed by atoms with Crippen molar-refractivity contribution < 1.29 is 0 Å². The molecule has 4 heteroatoms. The van der Waals surface area contributed by atoms with Crippen LogP contribution in [0, 0.1) is 6.92 Å². The van der Waals surface area contributed by atoms with E-state index in [0.29, 0.717) is 18.0 Å². The highest BCUT2D eigenvalue weighted by molar-refractivity contribution is 5.35. The second-order valence-electron chi connectivity index (χ2n) is 5.70. The van der Waals surface area contributed by atoms with Crippen LogP contribution in [0.3, 0.4) is 0 Å². The van der Waals surface area contributed by atoms with Gasteiger partial charge >= 0.3 is 0 Å². The Bertz CT molecular complexity index is 416. The zero-order chi connectivity index (χ0) is 13.3. The highest BCUT2D eigenvalue weighted by Gasteiger charge is 2.25. The summed E-state index contributed by atoms with van der Waals surface area (Å²) in [6, 6.07) is 3.03. The van der Waals surface area contributed by atoms with Crippen LogP contribution in [0.4, 0.5) is 5.95 Å². The average Bonchev–Trinajstić information content (AvgIpc) is 2.31. The SMILES string of the molecule is Cc1cc(C(C)C)nc(N2CC(C)NCC2C)n1. The quantitative estimate of drug-likeness (QED) is 0.870. The van der Waals surface area contributed by atoms with Crippen molar-refractivity contribution in [3.05, 3.63) is 17.5 Å². The molecule has 0 spiro atoms. The molecule has 0 radical (unpaired) electrons. The van der Waals surface area contributed by atoms with E-state index in [1.807, 2.05) is 6.92 Å². The normalized spacial score (nSPS) is 24.7. The minimum atomic E-state index is 0.445. The molecular weight excluding hydrogens is 224 g/mol. The highest BCUT2D eigenvalue weighted by atomic mass is 15.3. The fourth-order valence-electron chi connectivity index (χ4n) is 2.30. The summed E-state index contributed by atoms with van der Waals surface area (Å²) in [6.45, 7) is 12.8. The molecule has 4 nitrogen and oxygen atoms in total. The van der Waals surface area contributed by atoms with Crippen molar-refractivity contribution in [2.45, 2.75) is 52.6 Å². The Labute approximate surface area is 110 Å². The Balaban J connectivity index is 2.31. The summed E-state index contributed by atoms with van der Waals surface area (Å²) in [7, 11) is 0. The van der Waals surface area contributed by atoms with Crippen LogP contribution in [0.2, 0.25) is 0 Å². The Morgan fingerprint density at radius 3 is 2.72 bits per heavy atom. The number of aryl methyl sites for hydroxylation is 1. The summed E-state index contributed by atoms with van der Waals surface area (Å²) in [4.78, 5) is 11.7. The van der Waals surface area contributed by atoms with E-state index in [0.717, 1.165) is 30.4 Å². The molecule has 0 bridgehead atoms. The maximum absolute atomic E-state index is 4.73. The maximum atomic E-state index is 4.73. The Hall–Kier alpha value is -1.16. The molecule has 1 aliphatic rings. The Kier molecular flexibility index (Phi) is 3.85. The Morgan fingerprint density at radius 2 is 2.06 bits per heavy atom. The van der Waals surface area contributed by atoms with E-state index in [2.05, 4.69) is 49.0 Å². The van der Waals surface area contributed by atoms with E-state index in [4.69, 9.17) is 4.98 Å². The number of piperazine rings is 1. The third-order valence-corrected chi connectivity index (χ3v) is 3.47. The molecule has 0 saturated carbocycles. The first-order valence-electron chi connectivity index (χ1n) is 6.83. The zero-order valence-corrected chi connectivity index (χ0v) is 12.1. The van der Waals surface area contributed by atoms with Crippen molar-refractivity contribution in [3.8, 4) is 0 Å². The van der Waals surface area contributed by atoms with Gasteiger partial charge in [-0.25, -0.2) is 9.97 Å². The molecule has 2 unspecified atom stereocenters. The van der Waals surface area contributed by atoms with Gasteiger partial charge in [0, 0.05) is 36.6 Å². The molecule has 2 heterocycles. The van der Waals surface area contributed by atoms with Gasteiger partial charge in [0.05, 0.1) is 0 Å². The summed E-state index contributed by atoms with van der Waals surface area (Å²) in [6.07, 6.45) is 0. The number of rotatable bonds is 2. The maximum Gasteiger partial charge on any atom is 0.226 e. The molecule has 1 saturated heterocycles. The van der Waals surface area contributed by atoms with Gasteiger partial charge in [-0.1, -0.05) is 13.8 Å². The van der Waals surface area contributed by atoms with E-state index in [1.165, 1.54) is 0 Å². The molecule has 0 aromatic carbocycles.